The third kappa shape index (κ3) is 1.86. The average Bonchev–Trinajstić information content (AvgIpc) is 2.68. The summed E-state index contributed by atoms with van der Waals surface area (Å²) in [5, 5.41) is 0. The van der Waals surface area contributed by atoms with Gasteiger partial charge in [0.1, 0.15) is 0 Å². The molecule has 0 aliphatic heterocycles. The molecule has 0 bridgehead atoms. The topological polar surface area (TPSA) is 35.2 Å². The van der Waals surface area contributed by atoms with E-state index >= 15 is 0 Å². The summed E-state index contributed by atoms with van der Waals surface area (Å²) in [5.41, 5.74) is 10.1. The van der Waals surface area contributed by atoms with Crippen LogP contribution in [0.3, 0.4) is 0 Å². The molecule has 2 aromatic carbocycles. The standard InChI is InChI=1S/C19H23NO/c1-18(2)17(13-21-3)15-11-7-8-12-16(15)19(18,20)14-9-5-4-6-10-14/h4-12,17H,13,20H2,1-3H3/t17-,19+/m1/s1. The van der Waals surface area contributed by atoms with Crippen LogP contribution in [0.1, 0.15) is 36.5 Å². The van der Waals surface area contributed by atoms with Crippen LogP contribution in [-0.4, -0.2) is 13.7 Å². The summed E-state index contributed by atoms with van der Waals surface area (Å²) in [6.45, 7) is 5.20. The number of ether oxygens (including phenoxy) is 1. The summed E-state index contributed by atoms with van der Waals surface area (Å²) in [7, 11) is 1.76. The van der Waals surface area contributed by atoms with Crippen LogP contribution in [0.4, 0.5) is 0 Å². The van der Waals surface area contributed by atoms with Gasteiger partial charge in [-0.25, -0.2) is 0 Å². The van der Waals surface area contributed by atoms with Gasteiger partial charge in [-0.05, 0) is 16.7 Å². The van der Waals surface area contributed by atoms with Gasteiger partial charge in [0.25, 0.3) is 0 Å². The summed E-state index contributed by atoms with van der Waals surface area (Å²) in [6, 6.07) is 19.0. The van der Waals surface area contributed by atoms with Crippen molar-refractivity contribution in [2.24, 2.45) is 11.1 Å². The van der Waals surface area contributed by atoms with Crippen LogP contribution in [0.5, 0.6) is 0 Å². The van der Waals surface area contributed by atoms with Crippen LogP contribution in [-0.2, 0) is 10.3 Å². The predicted octanol–water partition coefficient (Wildman–Crippen LogP) is 3.66. The Hall–Kier alpha value is -1.64. The predicted molar refractivity (Wildman–Crippen MR) is 86.2 cm³/mol. The van der Waals surface area contributed by atoms with E-state index in [9.17, 15) is 0 Å². The van der Waals surface area contributed by atoms with Gasteiger partial charge in [-0.15, -0.1) is 0 Å². The number of hydrogen-bond donors (Lipinski definition) is 1. The van der Waals surface area contributed by atoms with Crippen molar-refractivity contribution in [1.29, 1.82) is 0 Å². The minimum atomic E-state index is -0.492. The normalized spacial score (nSPS) is 26.6. The first-order chi connectivity index (χ1) is 10.0. The smallest absolute Gasteiger partial charge is 0.0726 e. The lowest BCUT2D eigenvalue weighted by molar-refractivity contribution is 0.0998. The molecule has 1 aliphatic carbocycles. The molecule has 110 valence electrons. The monoisotopic (exact) mass is 281 g/mol. The van der Waals surface area contributed by atoms with Gasteiger partial charge >= 0.3 is 0 Å². The zero-order valence-electron chi connectivity index (χ0n) is 13.0. The van der Waals surface area contributed by atoms with Crippen molar-refractivity contribution in [1.82, 2.24) is 0 Å². The average molecular weight is 281 g/mol. The van der Waals surface area contributed by atoms with Gasteiger partial charge in [-0.2, -0.15) is 0 Å². The van der Waals surface area contributed by atoms with E-state index in [4.69, 9.17) is 10.5 Å². The molecular weight excluding hydrogens is 258 g/mol. The van der Waals surface area contributed by atoms with Crippen molar-refractivity contribution in [3.63, 3.8) is 0 Å². The molecule has 0 unspecified atom stereocenters. The summed E-state index contributed by atoms with van der Waals surface area (Å²) in [6.07, 6.45) is 0. The van der Waals surface area contributed by atoms with E-state index in [1.165, 1.54) is 16.7 Å². The Kier molecular flexibility index (Phi) is 3.39. The number of hydrogen-bond acceptors (Lipinski definition) is 2. The van der Waals surface area contributed by atoms with Crippen molar-refractivity contribution < 1.29 is 4.74 Å². The van der Waals surface area contributed by atoms with E-state index in [0.29, 0.717) is 12.5 Å². The third-order valence-corrected chi connectivity index (χ3v) is 5.21. The minimum absolute atomic E-state index is 0.117. The first-order valence-corrected chi connectivity index (χ1v) is 7.46. The summed E-state index contributed by atoms with van der Waals surface area (Å²) in [5.74, 6) is 0.295. The number of rotatable bonds is 3. The summed E-state index contributed by atoms with van der Waals surface area (Å²) < 4.78 is 5.49. The lowest BCUT2D eigenvalue weighted by Crippen LogP contribution is -2.49. The van der Waals surface area contributed by atoms with E-state index < -0.39 is 5.54 Å². The summed E-state index contributed by atoms with van der Waals surface area (Å²) in [4.78, 5) is 0. The van der Waals surface area contributed by atoms with E-state index in [0.717, 1.165) is 0 Å². The van der Waals surface area contributed by atoms with Crippen LogP contribution in [0, 0.1) is 5.41 Å². The second kappa shape index (κ2) is 4.97. The van der Waals surface area contributed by atoms with Crippen molar-refractivity contribution in [3.8, 4) is 0 Å². The molecule has 2 atom stereocenters. The van der Waals surface area contributed by atoms with Gasteiger partial charge in [0.15, 0.2) is 0 Å². The van der Waals surface area contributed by atoms with Gasteiger partial charge in [0.2, 0.25) is 0 Å². The molecule has 3 rings (SSSR count). The van der Waals surface area contributed by atoms with E-state index in [1.54, 1.807) is 7.11 Å². The molecule has 0 amide bonds. The van der Waals surface area contributed by atoms with Crippen molar-refractivity contribution in [2.75, 3.05) is 13.7 Å². The van der Waals surface area contributed by atoms with E-state index in [-0.39, 0.29) is 5.41 Å². The van der Waals surface area contributed by atoms with Crippen LogP contribution < -0.4 is 5.73 Å². The number of benzene rings is 2. The van der Waals surface area contributed by atoms with E-state index in [1.807, 2.05) is 6.07 Å². The first kappa shape index (κ1) is 14.3. The Bertz CT molecular complexity index is 635. The van der Waals surface area contributed by atoms with Crippen molar-refractivity contribution >= 4 is 0 Å². The lowest BCUT2D eigenvalue weighted by atomic mass is 9.66. The highest BCUT2D eigenvalue weighted by Gasteiger charge is 2.56. The Morgan fingerprint density at radius 3 is 2.29 bits per heavy atom. The first-order valence-electron chi connectivity index (χ1n) is 7.46. The minimum Gasteiger partial charge on any atom is -0.384 e. The molecule has 2 heteroatoms. The highest BCUT2D eigenvalue weighted by atomic mass is 16.5. The molecular formula is C19H23NO. The molecule has 0 radical (unpaired) electrons. The maximum atomic E-state index is 7.03. The molecule has 0 heterocycles. The van der Waals surface area contributed by atoms with E-state index in [2.05, 4.69) is 62.4 Å². The van der Waals surface area contributed by atoms with Gasteiger partial charge in [-0.3, -0.25) is 0 Å². The second-order valence-corrected chi connectivity index (χ2v) is 6.49. The SMILES string of the molecule is COC[C@@H]1c2ccccc2[C@@](N)(c2ccccc2)C1(C)C. The van der Waals surface area contributed by atoms with Crippen molar-refractivity contribution in [3.05, 3.63) is 71.3 Å². The Balaban J connectivity index is 2.25. The fourth-order valence-corrected chi connectivity index (χ4v) is 3.86. The number of nitrogens with two attached hydrogens (primary N) is 1. The van der Waals surface area contributed by atoms with Crippen LogP contribution in [0.2, 0.25) is 0 Å². The molecule has 2 N–H and O–H groups in total. The third-order valence-electron chi connectivity index (χ3n) is 5.21. The fraction of sp³-hybridized carbons (Fsp3) is 0.368. The summed E-state index contributed by atoms with van der Waals surface area (Å²) >= 11 is 0. The molecule has 21 heavy (non-hydrogen) atoms. The Labute approximate surface area is 126 Å². The quantitative estimate of drug-likeness (QED) is 0.932. The zero-order valence-corrected chi connectivity index (χ0v) is 13.0. The molecule has 0 fully saturated rings. The van der Waals surface area contributed by atoms with Gasteiger partial charge < -0.3 is 10.5 Å². The van der Waals surface area contributed by atoms with Crippen molar-refractivity contribution in [2.45, 2.75) is 25.3 Å². The largest absolute Gasteiger partial charge is 0.384 e. The molecule has 0 saturated carbocycles. The molecule has 2 aromatic rings. The molecule has 2 nitrogen and oxygen atoms in total. The van der Waals surface area contributed by atoms with Gasteiger partial charge in [0.05, 0.1) is 12.1 Å². The Morgan fingerprint density at radius 2 is 1.62 bits per heavy atom. The molecule has 0 spiro atoms. The molecule has 0 saturated heterocycles. The van der Waals surface area contributed by atoms with Crippen LogP contribution in [0.15, 0.2) is 54.6 Å². The maximum Gasteiger partial charge on any atom is 0.0726 e. The van der Waals surface area contributed by atoms with Gasteiger partial charge in [-0.1, -0.05) is 68.4 Å². The Morgan fingerprint density at radius 1 is 1.00 bits per heavy atom. The van der Waals surface area contributed by atoms with Gasteiger partial charge in [0, 0.05) is 18.4 Å². The molecule has 1 aliphatic rings. The highest BCUT2D eigenvalue weighted by Crippen LogP contribution is 2.58. The lowest BCUT2D eigenvalue weighted by Gasteiger charge is -2.42. The van der Waals surface area contributed by atoms with Crippen LogP contribution in [0.25, 0.3) is 0 Å². The number of methoxy groups -OCH3 is 1. The fourth-order valence-electron chi connectivity index (χ4n) is 3.86. The maximum absolute atomic E-state index is 7.03. The zero-order chi connectivity index (χ0) is 15.1. The number of fused-ring (bicyclic) bond motifs is 1. The van der Waals surface area contributed by atoms with Crippen LogP contribution >= 0.6 is 0 Å². The highest BCUT2D eigenvalue weighted by molar-refractivity contribution is 5.52. The molecule has 0 aromatic heterocycles. The second-order valence-electron chi connectivity index (χ2n) is 6.49.